The maximum absolute atomic E-state index is 13.9. The molecule has 4 atom stereocenters. The number of rotatable bonds is 5. The van der Waals surface area contributed by atoms with Crippen LogP contribution in [0.25, 0.3) is 0 Å². The van der Waals surface area contributed by atoms with Crippen LogP contribution in [0, 0.1) is 11.8 Å². The minimum Gasteiger partial charge on any atom is -0.292 e. The van der Waals surface area contributed by atoms with Crippen molar-refractivity contribution in [1.82, 2.24) is 10.0 Å². The predicted molar refractivity (Wildman–Crippen MR) is 157 cm³/mol. The van der Waals surface area contributed by atoms with Gasteiger partial charge < -0.3 is 0 Å². The molecule has 40 heavy (non-hydrogen) atoms. The number of imide groups is 1. The smallest absolute Gasteiger partial charge is 0.273 e. The minimum atomic E-state index is -2.19. The summed E-state index contributed by atoms with van der Waals surface area (Å²) >= 11 is 63.5. The molecule has 0 radical (unpaired) electrons. The Kier molecular flexibility index (Phi) is 7.88. The third kappa shape index (κ3) is 3.98. The number of hydrogen-bond donors (Lipinski definition) is 0. The molecular formula is C24H10Cl10N2O4. The zero-order valence-corrected chi connectivity index (χ0v) is 26.7. The Labute approximate surface area is 276 Å². The van der Waals surface area contributed by atoms with Crippen LogP contribution in [0.1, 0.15) is 20.7 Å². The Balaban J connectivity index is 1.62. The molecule has 1 saturated carbocycles. The van der Waals surface area contributed by atoms with Gasteiger partial charge in [0.15, 0.2) is 10.1 Å². The summed E-state index contributed by atoms with van der Waals surface area (Å²) in [5.74, 6) is -6.86. The summed E-state index contributed by atoms with van der Waals surface area (Å²) in [5, 5.41) is 0.843. The van der Waals surface area contributed by atoms with Crippen molar-refractivity contribution < 1.29 is 19.2 Å². The second-order valence-electron chi connectivity index (χ2n) is 9.11. The van der Waals surface area contributed by atoms with Crippen LogP contribution in [0.4, 0.5) is 0 Å². The molecule has 1 aliphatic heterocycles. The van der Waals surface area contributed by atoms with Gasteiger partial charge in [-0.15, -0.1) is 23.2 Å². The lowest BCUT2D eigenvalue weighted by molar-refractivity contribution is -0.154. The average molecular weight is 745 g/mol. The van der Waals surface area contributed by atoms with E-state index in [-0.39, 0.29) is 41.3 Å². The van der Waals surface area contributed by atoms with Gasteiger partial charge >= 0.3 is 0 Å². The fourth-order valence-electron chi connectivity index (χ4n) is 5.17. The highest BCUT2D eigenvalue weighted by atomic mass is 35.5. The van der Waals surface area contributed by atoms with Crippen LogP contribution in [0.3, 0.4) is 0 Å². The molecule has 0 aromatic heterocycles. The quantitative estimate of drug-likeness (QED) is 0.177. The van der Waals surface area contributed by atoms with Crippen molar-refractivity contribution in [3.8, 4) is 0 Å². The number of amides is 3. The van der Waals surface area contributed by atoms with Gasteiger partial charge in [-0.3, -0.25) is 19.2 Å². The lowest BCUT2D eigenvalue weighted by atomic mass is 9.84. The zero-order chi connectivity index (χ0) is 29.7. The fraction of sp³-hybridized carbons (Fsp3) is 0.250. The summed E-state index contributed by atoms with van der Waals surface area (Å²) < 4.78 is -2.19. The van der Waals surface area contributed by atoms with Crippen LogP contribution < -0.4 is 0 Å². The van der Waals surface area contributed by atoms with E-state index < -0.39 is 56.0 Å². The number of halogens is 10. The van der Waals surface area contributed by atoms with Gasteiger partial charge in [-0.25, -0.2) is 5.01 Å². The number of alkyl halides is 4. The summed E-state index contributed by atoms with van der Waals surface area (Å²) in [4.78, 5) is 50.8. The van der Waals surface area contributed by atoms with Gasteiger partial charge in [-0.1, -0.05) is 92.8 Å². The van der Waals surface area contributed by atoms with Crippen LogP contribution in [-0.2, 0) is 9.59 Å². The minimum absolute atomic E-state index is 0.00442. The first kappa shape index (κ1) is 30.8. The summed E-state index contributed by atoms with van der Waals surface area (Å²) in [5.41, 5.74) is -0.141. The molecule has 2 aliphatic carbocycles. The summed E-state index contributed by atoms with van der Waals surface area (Å²) in [6, 6.07) is 7.89. The molecule has 16 heteroatoms. The van der Waals surface area contributed by atoms with Crippen LogP contribution in [0.2, 0.25) is 20.1 Å². The Morgan fingerprint density at radius 1 is 0.750 bits per heavy atom. The molecule has 2 bridgehead atoms. The number of carbonyl (C=O) groups excluding carboxylic acids is 4. The predicted octanol–water partition coefficient (Wildman–Crippen LogP) is 7.99. The van der Waals surface area contributed by atoms with Crippen molar-refractivity contribution >= 4 is 140 Å². The van der Waals surface area contributed by atoms with Crippen LogP contribution in [0.5, 0.6) is 0 Å². The number of Topliss-reactive ketones (excluding diaryl/α,β-unsaturated/α-hetero) is 1. The standard InChI is InChI=1S/C24H10Cl10N2O4/c25-9-2-3-10(12(27)6-9)14(37)7-35(19(38)8-1-4-11(26)13(28)5-8)36-20(39)15-16(21(36)40)23(32)18(30)17(29)22(15,31)24(23,33)34/h1-6,15-16H,7H2/t15-,16+,22-,23-/m1/s1. The molecule has 2 fully saturated rings. The Bertz CT molecular complexity index is 1530. The van der Waals surface area contributed by atoms with Gasteiger partial charge in [0.25, 0.3) is 17.7 Å². The maximum atomic E-state index is 13.9. The molecule has 3 amide bonds. The van der Waals surface area contributed by atoms with Crippen LogP contribution in [-0.4, -0.2) is 54.1 Å². The summed E-state index contributed by atoms with van der Waals surface area (Å²) in [6.45, 7) is -0.830. The van der Waals surface area contributed by atoms with Gasteiger partial charge in [0, 0.05) is 16.1 Å². The molecule has 2 aromatic rings. The molecule has 6 nitrogen and oxygen atoms in total. The number of benzene rings is 2. The number of hydrazine groups is 1. The molecule has 0 N–H and O–H groups in total. The average Bonchev–Trinajstić information content (AvgIpc) is 3.27. The largest absolute Gasteiger partial charge is 0.292 e. The van der Waals surface area contributed by atoms with Crippen molar-refractivity contribution in [2.45, 2.75) is 14.1 Å². The second-order valence-corrected chi connectivity index (χ2v) is 14.0. The van der Waals surface area contributed by atoms with Crippen molar-refractivity contribution in [3.05, 3.63) is 77.7 Å². The highest BCUT2D eigenvalue weighted by Gasteiger charge is 2.88. The summed E-state index contributed by atoms with van der Waals surface area (Å²) in [7, 11) is 0. The van der Waals surface area contributed by atoms with Crippen molar-refractivity contribution in [1.29, 1.82) is 0 Å². The highest BCUT2D eigenvalue weighted by molar-refractivity contribution is 6.67. The number of allylic oxidation sites excluding steroid dienone is 2. The first-order chi connectivity index (χ1) is 18.5. The SMILES string of the molecule is O=C(CN(C(=O)c1ccc(Cl)c(Cl)c1)N1C(=O)[C@@H]2[C@H](C1=O)[C@@]1(Cl)C(Cl)=C(Cl)[C@@]2(Cl)C1(Cl)Cl)c1ccc(Cl)cc1Cl. The Hall–Kier alpha value is -0.640. The van der Waals surface area contributed by atoms with E-state index in [1.807, 2.05) is 0 Å². The van der Waals surface area contributed by atoms with E-state index in [2.05, 4.69) is 0 Å². The molecular weight excluding hydrogens is 735 g/mol. The lowest BCUT2D eigenvalue weighted by Crippen LogP contribution is -2.56. The zero-order valence-electron chi connectivity index (χ0n) is 19.1. The number of ketones is 1. The van der Waals surface area contributed by atoms with Gasteiger partial charge in [-0.05, 0) is 36.4 Å². The number of nitrogens with zero attached hydrogens (tertiary/aromatic N) is 2. The van der Waals surface area contributed by atoms with Gasteiger partial charge in [0.1, 0.15) is 16.3 Å². The Morgan fingerprint density at radius 2 is 1.30 bits per heavy atom. The van der Waals surface area contributed by atoms with Crippen LogP contribution >= 0.6 is 116 Å². The third-order valence-corrected chi connectivity index (χ3v) is 12.6. The van der Waals surface area contributed by atoms with E-state index in [9.17, 15) is 19.2 Å². The number of carbonyl (C=O) groups is 4. The molecule has 0 spiro atoms. The number of hydrogen-bond acceptors (Lipinski definition) is 4. The molecule has 3 aliphatic rings. The lowest BCUT2D eigenvalue weighted by Gasteiger charge is -2.36. The van der Waals surface area contributed by atoms with Crippen molar-refractivity contribution in [3.63, 3.8) is 0 Å². The first-order valence-corrected chi connectivity index (χ1v) is 14.7. The highest BCUT2D eigenvalue weighted by Crippen LogP contribution is 2.77. The van der Waals surface area contributed by atoms with E-state index in [0.29, 0.717) is 10.0 Å². The van der Waals surface area contributed by atoms with Gasteiger partial charge in [0.2, 0.25) is 0 Å². The normalized spacial score (nSPS) is 28.4. The third-order valence-electron chi connectivity index (χ3n) is 7.05. The molecule has 1 saturated heterocycles. The van der Waals surface area contributed by atoms with E-state index in [1.54, 1.807) is 0 Å². The van der Waals surface area contributed by atoms with E-state index >= 15 is 0 Å². The molecule has 1 heterocycles. The van der Waals surface area contributed by atoms with Crippen molar-refractivity contribution in [2.75, 3.05) is 6.54 Å². The maximum Gasteiger partial charge on any atom is 0.273 e. The Morgan fingerprint density at radius 3 is 1.80 bits per heavy atom. The van der Waals surface area contributed by atoms with Crippen molar-refractivity contribution in [2.24, 2.45) is 11.8 Å². The van der Waals surface area contributed by atoms with Gasteiger partial charge in [-0.2, -0.15) is 5.01 Å². The molecule has 5 rings (SSSR count). The van der Waals surface area contributed by atoms with E-state index in [1.165, 1.54) is 36.4 Å². The molecule has 210 valence electrons. The van der Waals surface area contributed by atoms with E-state index in [0.717, 1.165) is 0 Å². The first-order valence-electron chi connectivity index (χ1n) is 11.0. The molecule has 0 unspecified atom stereocenters. The fourth-order valence-corrected chi connectivity index (χ4v) is 8.91. The monoisotopic (exact) mass is 740 g/mol. The van der Waals surface area contributed by atoms with Gasteiger partial charge in [0.05, 0.1) is 37.0 Å². The summed E-state index contributed by atoms with van der Waals surface area (Å²) in [6.07, 6.45) is 0. The second kappa shape index (κ2) is 10.2. The molecule has 2 aromatic carbocycles. The van der Waals surface area contributed by atoms with E-state index in [4.69, 9.17) is 116 Å². The number of fused-ring (bicyclic) bond motifs is 5. The van der Waals surface area contributed by atoms with Crippen LogP contribution in [0.15, 0.2) is 46.5 Å². The topological polar surface area (TPSA) is 74.8 Å².